The number of methoxy groups -OCH3 is 1. The van der Waals surface area contributed by atoms with Crippen LogP contribution in [0.4, 0.5) is 0 Å². The Bertz CT molecular complexity index is 638. The number of aryl methyl sites for hydroxylation is 1. The third kappa shape index (κ3) is 4.13. The van der Waals surface area contributed by atoms with Crippen LogP contribution in [-0.4, -0.2) is 30.5 Å². The average Bonchev–Trinajstić information content (AvgIpc) is 2.86. The summed E-state index contributed by atoms with van der Waals surface area (Å²) in [7, 11) is 1.28. The Kier molecular flexibility index (Phi) is 5.05. The molecule has 1 N–H and O–H groups in total. The minimum absolute atomic E-state index is 0.156. The Morgan fingerprint density at radius 3 is 2.67 bits per heavy atom. The standard InChI is InChI=1S/C15H16N2O3S/c1-10-17-14(15(19)16-9-13(18)20-2)12(21-10)8-11-6-4-3-5-7-11/h3-7H,8-9H2,1-2H3,(H,16,19). The minimum atomic E-state index is -0.486. The van der Waals surface area contributed by atoms with Crippen molar-refractivity contribution in [2.75, 3.05) is 13.7 Å². The van der Waals surface area contributed by atoms with Crippen LogP contribution in [0.15, 0.2) is 30.3 Å². The first kappa shape index (κ1) is 15.2. The van der Waals surface area contributed by atoms with E-state index in [1.54, 1.807) is 0 Å². The number of ether oxygens (including phenoxy) is 1. The van der Waals surface area contributed by atoms with E-state index >= 15 is 0 Å². The molecule has 0 aliphatic rings. The number of benzene rings is 1. The van der Waals surface area contributed by atoms with Crippen LogP contribution in [0.1, 0.15) is 25.9 Å². The molecular weight excluding hydrogens is 288 g/mol. The van der Waals surface area contributed by atoms with Gasteiger partial charge in [-0.05, 0) is 12.5 Å². The highest BCUT2D eigenvalue weighted by Crippen LogP contribution is 2.21. The van der Waals surface area contributed by atoms with Gasteiger partial charge in [-0.25, -0.2) is 4.98 Å². The number of amides is 1. The van der Waals surface area contributed by atoms with Gasteiger partial charge in [0.15, 0.2) is 0 Å². The number of carbonyl (C=O) groups excluding carboxylic acids is 2. The van der Waals surface area contributed by atoms with Crippen molar-refractivity contribution in [2.24, 2.45) is 0 Å². The molecule has 21 heavy (non-hydrogen) atoms. The molecule has 2 aromatic rings. The van der Waals surface area contributed by atoms with Crippen LogP contribution in [0.25, 0.3) is 0 Å². The number of hydrogen-bond acceptors (Lipinski definition) is 5. The van der Waals surface area contributed by atoms with Gasteiger partial charge in [0.05, 0.1) is 12.1 Å². The van der Waals surface area contributed by atoms with E-state index in [1.807, 2.05) is 37.3 Å². The predicted octanol–water partition coefficient (Wildman–Crippen LogP) is 1.95. The first-order valence-corrected chi connectivity index (χ1v) is 7.27. The molecule has 1 aromatic heterocycles. The van der Waals surface area contributed by atoms with Crippen molar-refractivity contribution in [2.45, 2.75) is 13.3 Å². The summed E-state index contributed by atoms with van der Waals surface area (Å²) in [6.07, 6.45) is 0.646. The van der Waals surface area contributed by atoms with Crippen molar-refractivity contribution in [3.05, 3.63) is 51.5 Å². The molecule has 0 unspecified atom stereocenters. The van der Waals surface area contributed by atoms with Crippen LogP contribution in [0.2, 0.25) is 0 Å². The molecular formula is C15H16N2O3S. The number of nitrogens with one attached hydrogen (secondary N) is 1. The molecule has 0 spiro atoms. The van der Waals surface area contributed by atoms with Gasteiger partial charge in [-0.2, -0.15) is 0 Å². The highest BCUT2D eigenvalue weighted by molar-refractivity contribution is 7.11. The van der Waals surface area contributed by atoms with Crippen LogP contribution >= 0.6 is 11.3 Å². The normalized spacial score (nSPS) is 10.2. The Morgan fingerprint density at radius 1 is 1.29 bits per heavy atom. The van der Waals surface area contributed by atoms with Gasteiger partial charge in [0.2, 0.25) is 0 Å². The van der Waals surface area contributed by atoms with Gasteiger partial charge in [-0.15, -0.1) is 11.3 Å². The van der Waals surface area contributed by atoms with E-state index in [2.05, 4.69) is 15.0 Å². The summed E-state index contributed by atoms with van der Waals surface area (Å²) >= 11 is 1.49. The number of hydrogen-bond donors (Lipinski definition) is 1. The lowest BCUT2D eigenvalue weighted by molar-refractivity contribution is -0.139. The molecule has 0 fully saturated rings. The number of nitrogens with zero attached hydrogens (tertiary/aromatic N) is 1. The number of rotatable bonds is 5. The second-order valence-electron chi connectivity index (χ2n) is 4.43. The maximum atomic E-state index is 12.1. The molecule has 1 aromatic carbocycles. The fourth-order valence-corrected chi connectivity index (χ4v) is 2.82. The van der Waals surface area contributed by atoms with Gasteiger partial charge >= 0.3 is 5.97 Å². The highest BCUT2D eigenvalue weighted by atomic mass is 32.1. The molecule has 0 radical (unpaired) electrons. The van der Waals surface area contributed by atoms with Crippen molar-refractivity contribution in [3.8, 4) is 0 Å². The fraction of sp³-hybridized carbons (Fsp3) is 0.267. The Balaban J connectivity index is 2.13. The molecule has 0 aliphatic heterocycles. The maximum Gasteiger partial charge on any atom is 0.325 e. The van der Waals surface area contributed by atoms with Gasteiger partial charge < -0.3 is 10.1 Å². The topological polar surface area (TPSA) is 68.3 Å². The largest absolute Gasteiger partial charge is 0.468 e. The average molecular weight is 304 g/mol. The number of thiazole rings is 1. The summed E-state index contributed by atoms with van der Waals surface area (Å²) in [5.74, 6) is -0.837. The van der Waals surface area contributed by atoms with Crippen LogP contribution in [0.3, 0.4) is 0 Å². The molecule has 0 aliphatic carbocycles. The third-order valence-electron chi connectivity index (χ3n) is 2.85. The molecule has 0 bridgehead atoms. The van der Waals surface area contributed by atoms with Crippen molar-refractivity contribution in [3.63, 3.8) is 0 Å². The highest BCUT2D eigenvalue weighted by Gasteiger charge is 2.17. The van der Waals surface area contributed by atoms with Gasteiger partial charge in [0.1, 0.15) is 12.2 Å². The first-order chi connectivity index (χ1) is 10.1. The lowest BCUT2D eigenvalue weighted by Gasteiger charge is -2.04. The van der Waals surface area contributed by atoms with Crippen molar-refractivity contribution in [1.82, 2.24) is 10.3 Å². The van der Waals surface area contributed by atoms with Crippen molar-refractivity contribution in [1.29, 1.82) is 0 Å². The van der Waals surface area contributed by atoms with E-state index < -0.39 is 5.97 Å². The van der Waals surface area contributed by atoms with Gasteiger partial charge in [-0.1, -0.05) is 30.3 Å². The van der Waals surface area contributed by atoms with E-state index in [4.69, 9.17) is 0 Å². The van der Waals surface area contributed by atoms with E-state index in [-0.39, 0.29) is 12.5 Å². The second kappa shape index (κ2) is 6.99. The Morgan fingerprint density at radius 2 is 2.00 bits per heavy atom. The minimum Gasteiger partial charge on any atom is -0.468 e. The van der Waals surface area contributed by atoms with Crippen molar-refractivity contribution >= 4 is 23.2 Å². The molecule has 2 rings (SSSR count). The number of carbonyl (C=O) groups is 2. The Labute approximate surface area is 127 Å². The molecule has 6 heteroatoms. The van der Waals surface area contributed by atoms with Gasteiger partial charge in [0, 0.05) is 11.3 Å². The third-order valence-corrected chi connectivity index (χ3v) is 3.82. The maximum absolute atomic E-state index is 12.1. The Hall–Kier alpha value is -2.21. The van der Waals surface area contributed by atoms with Crippen LogP contribution < -0.4 is 5.32 Å². The number of esters is 1. The molecule has 0 saturated carbocycles. The fourth-order valence-electron chi connectivity index (χ4n) is 1.86. The van der Waals surface area contributed by atoms with Crippen LogP contribution in [0, 0.1) is 6.92 Å². The number of aromatic nitrogens is 1. The zero-order valence-corrected chi connectivity index (χ0v) is 12.7. The SMILES string of the molecule is COC(=O)CNC(=O)c1nc(C)sc1Cc1ccccc1. The van der Waals surface area contributed by atoms with Crippen molar-refractivity contribution < 1.29 is 14.3 Å². The zero-order valence-electron chi connectivity index (χ0n) is 11.9. The summed E-state index contributed by atoms with van der Waals surface area (Å²) in [6.45, 7) is 1.70. The summed E-state index contributed by atoms with van der Waals surface area (Å²) in [6, 6.07) is 9.88. The van der Waals surface area contributed by atoms with Gasteiger partial charge in [0.25, 0.3) is 5.91 Å². The van der Waals surface area contributed by atoms with E-state index in [9.17, 15) is 9.59 Å². The van der Waals surface area contributed by atoms with Crippen LogP contribution in [-0.2, 0) is 16.0 Å². The van der Waals surface area contributed by atoms with Gasteiger partial charge in [-0.3, -0.25) is 9.59 Å². The smallest absolute Gasteiger partial charge is 0.325 e. The molecule has 110 valence electrons. The van der Waals surface area contributed by atoms with E-state index in [1.165, 1.54) is 18.4 Å². The quantitative estimate of drug-likeness (QED) is 0.857. The molecule has 0 atom stereocenters. The summed E-state index contributed by atoms with van der Waals surface area (Å²) in [5, 5.41) is 3.34. The van der Waals surface area contributed by atoms with E-state index in [0.717, 1.165) is 15.4 Å². The van der Waals surface area contributed by atoms with E-state index in [0.29, 0.717) is 12.1 Å². The predicted molar refractivity (Wildman–Crippen MR) is 80.4 cm³/mol. The molecule has 5 nitrogen and oxygen atoms in total. The van der Waals surface area contributed by atoms with Crippen LogP contribution in [0.5, 0.6) is 0 Å². The summed E-state index contributed by atoms with van der Waals surface area (Å²) in [5.41, 5.74) is 1.49. The molecule has 0 saturated heterocycles. The summed E-state index contributed by atoms with van der Waals surface area (Å²) < 4.78 is 4.50. The lowest BCUT2D eigenvalue weighted by Crippen LogP contribution is -2.31. The lowest BCUT2D eigenvalue weighted by atomic mass is 10.1. The zero-order chi connectivity index (χ0) is 15.2. The second-order valence-corrected chi connectivity index (χ2v) is 5.71. The molecule has 1 heterocycles. The first-order valence-electron chi connectivity index (χ1n) is 6.45. The molecule has 1 amide bonds. The monoisotopic (exact) mass is 304 g/mol. The summed E-state index contributed by atoms with van der Waals surface area (Å²) in [4.78, 5) is 28.3.